The number of nitrogens with zero attached hydrogens (tertiary/aromatic N) is 3. The smallest absolute Gasteiger partial charge is 0.184 e. The second-order valence-corrected chi connectivity index (χ2v) is 4.72. The number of carbonyl (C=O) groups is 1. The summed E-state index contributed by atoms with van der Waals surface area (Å²) in [5.74, 6) is 0.970. The van der Waals surface area contributed by atoms with E-state index in [0.29, 0.717) is 6.54 Å². The molecular weight excluding hydrogens is 238 g/mol. The van der Waals surface area contributed by atoms with Crippen LogP contribution in [0.5, 0.6) is 0 Å². The molecule has 0 N–H and O–H groups in total. The zero-order valence-electron chi connectivity index (χ0n) is 11.0. The molecule has 0 saturated carbocycles. The molecule has 4 heteroatoms. The molecule has 1 aromatic carbocycles. The Morgan fingerprint density at radius 3 is 2.79 bits per heavy atom. The van der Waals surface area contributed by atoms with E-state index in [1.807, 2.05) is 65.8 Å². The first-order valence-corrected chi connectivity index (χ1v) is 6.22. The van der Waals surface area contributed by atoms with E-state index in [2.05, 4.69) is 4.98 Å². The van der Waals surface area contributed by atoms with Gasteiger partial charge in [0.2, 0.25) is 0 Å². The lowest BCUT2D eigenvalue weighted by Crippen LogP contribution is -2.11. The number of para-hydroxylation sites is 2. The highest BCUT2D eigenvalue weighted by atomic mass is 16.1. The van der Waals surface area contributed by atoms with Gasteiger partial charge in [-0.1, -0.05) is 12.1 Å². The Hall–Kier alpha value is -2.36. The van der Waals surface area contributed by atoms with E-state index in [4.69, 9.17) is 0 Å². The van der Waals surface area contributed by atoms with Gasteiger partial charge >= 0.3 is 0 Å². The molecule has 4 nitrogen and oxygen atoms in total. The van der Waals surface area contributed by atoms with Crippen molar-refractivity contribution in [3.05, 3.63) is 54.1 Å². The van der Waals surface area contributed by atoms with E-state index in [1.165, 1.54) is 0 Å². The number of fused-ring (bicyclic) bond motifs is 1. The Morgan fingerprint density at radius 1 is 1.26 bits per heavy atom. The van der Waals surface area contributed by atoms with Gasteiger partial charge in [-0.15, -0.1) is 0 Å². The molecule has 2 heterocycles. The molecule has 0 spiro atoms. The second-order valence-electron chi connectivity index (χ2n) is 4.72. The Kier molecular flexibility index (Phi) is 2.71. The molecule has 19 heavy (non-hydrogen) atoms. The topological polar surface area (TPSA) is 39.8 Å². The Morgan fingerprint density at radius 2 is 2.05 bits per heavy atom. The fourth-order valence-corrected chi connectivity index (χ4v) is 2.30. The van der Waals surface area contributed by atoms with Crippen molar-refractivity contribution in [2.45, 2.75) is 13.5 Å². The first-order valence-electron chi connectivity index (χ1n) is 6.22. The van der Waals surface area contributed by atoms with E-state index >= 15 is 0 Å². The van der Waals surface area contributed by atoms with Crippen molar-refractivity contribution in [3.8, 4) is 0 Å². The van der Waals surface area contributed by atoms with Crippen LogP contribution < -0.4 is 0 Å². The molecule has 96 valence electrons. The maximum atomic E-state index is 12.3. The number of hydrogen-bond acceptors (Lipinski definition) is 2. The van der Waals surface area contributed by atoms with E-state index in [-0.39, 0.29) is 5.78 Å². The van der Waals surface area contributed by atoms with Crippen molar-refractivity contribution in [2.24, 2.45) is 7.05 Å². The van der Waals surface area contributed by atoms with Crippen LogP contribution in [0.4, 0.5) is 0 Å². The first kappa shape index (κ1) is 11.7. The van der Waals surface area contributed by atoms with Crippen LogP contribution in [0.25, 0.3) is 11.0 Å². The highest BCUT2D eigenvalue weighted by Crippen LogP contribution is 2.16. The summed E-state index contributed by atoms with van der Waals surface area (Å²) in [6.45, 7) is 2.26. The summed E-state index contributed by atoms with van der Waals surface area (Å²) in [4.78, 5) is 16.7. The molecule has 0 unspecified atom stereocenters. The summed E-state index contributed by atoms with van der Waals surface area (Å²) in [5, 5.41) is 0. The number of Topliss-reactive ketones (excluding diaryl/α,β-unsaturated/α-hetero) is 1. The molecular formula is C15H15N3O. The molecule has 0 radical (unpaired) electrons. The molecule has 0 amide bonds. The van der Waals surface area contributed by atoms with Crippen LogP contribution in [0.3, 0.4) is 0 Å². The van der Waals surface area contributed by atoms with Crippen LogP contribution in [0, 0.1) is 6.92 Å². The summed E-state index contributed by atoms with van der Waals surface area (Å²) < 4.78 is 3.84. The predicted molar refractivity (Wildman–Crippen MR) is 74.2 cm³/mol. The number of aryl methyl sites for hydroxylation is 2. The van der Waals surface area contributed by atoms with Gasteiger partial charge in [-0.05, 0) is 25.1 Å². The van der Waals surface area contributed by atoms with Gasteiger partial charge in [-0.3, -0.25) is 4.79 Å². The van der Waals surface area contributed by atoms with E-state index < -0.39 is 0 Å². The third-order valence-electron chi connectivity index (χ3n) is 3.30. The Balaban J connectivity index is 1.97. The van der Waals surface area contributed by atoms with Crippen molar-refractivity contribution < 1.29 is 4.79 Å². The zero-order chi connectivity index (χ0) is 13.4. The third kappa shape index (κ3) is 2.05. The average Bonchev–Trinajstić information content (AvgIpc) is 2.95. The van der Waals surface area contributed by atoms with Gasteiger partial charge in [-0.25, -0.2) is 4.98 Å². The monoisotopic (exact) mass is 253 g/mol. The largest absolute Gasteiger partial charge is 0.357 e. The molecule has 3 rings (SSSR count). The van der Waals surface area contributed by atoms with Crippen molar-refractivity contribution in [1.29, 1.82) is 0 Å². The Bertz CT molecular complexity index is 752. The van der Waals surface area contributed by atoms with Crippen LogP contribution in [0.1, 0.15) is 16.2 Å². The lowest BCUT2D eigenvalue weighted by atomic mass is 10.2. The number of ketones is 1. The zero-order valence-corrected chi connectivity index (χ0v) is 11.0. The van der Waals surface area contributed by atoms with Crippen molar-refractivity contribution in [3.63, 3.8) is 0 Å². The Labute approximate surface area is 111 Å². The minimum absolute atomic E-state index is 0.104. The van der Waals surface area contributed by atoms with Gasteiger partial charge in [0.15, 0.2) is 5.78 Å². The standard InChI is InChI=1S/C15H15N3O/c1-11-16-13-5-3-4-6-14(13)18(11)10-15(19)12-7-8-17(2)9-12/h3-9H,10H2,1-2H3. The van der Waals surface area contributed by atoms with Crippen molar-refractivity contribution in [2.75, 3.05) is 0 Å². The SMILES string of the molecule is Cc1nc2ccccc2n1CC(=O)c1ccn(C)c1. The van der Waals surface area contributed by atoms with Crippen molar-refractivity contribution in [1.82, 2.24) is 14.1 Å². The highest BCUT2D eigenvalue weighted by Gasteiger charge is 2.12. The number of benzene rings is 1. The maximum Gasteiger partial charge on any atom is 0.184 e. The van der Waals surface area contributed by atoms with Gasteiger partial charge in [0, 0.05) is 25.0 Å². The summed E-state index contributed by atoms with van der Waals surface area (Å²) in [6.07, 6.45) is 3.73. The quantitative estimate of drug-likeness (QED) is 0.673. The average molecular weight is 253 g/mol. The van der Waals surface area contributed by atoms with Gasteiger partial charge in [-0.2, -0.15) is 0 Å². The molecule has 0 fully saturated rings. The first-order chi connectivity index (χ1) is 9.15. The van der Waals surface area contributed by atoms with E-state index in [1.54, 1.807) is 0 Å². The van der Waals surface area contributed by atoms with Crippen LogP contribution in [0.2, 0.25) is 0 Å². The third-order valence-corrected chi connectivity index (χ3v) is 3.30. The van der Waals surface area contributed by atoms with Crippen LogP contribution in [-0.2, 0) is 13.6 Å². The predicted octanol–water partition coefficient (Wildman–Crippen LogP) is 2.57. The summed E-state index contributed by atoms with van der Waals surface area (Å²) in [7, 11) is 1.91. The fourth-order valence-electron chi connectivity index (χ4n) is 2.30. The molecule has 0 atom stereocenters. The molecule has 2 aromatic heterocycles. The molecule has 0 saturated heterocycles. The summed E-state index contributed by atoms with van der Waals surface area (Å²) >= 11 is 0. The summed E-state index contributed by atoms with van der Waals surface area (Å²) in [5.41, 5.74) is 2.67. The van der Waals surface area contributed by atoms with Crippen molar-refractivity contribution >= 4 is 16.8 Å². The lowest BCUT2D eigenvalue weighted by molar-refractivity contribution is 0.0972. The second kappa shape index (κ2) is 4.39. The number of rotatable bonds is 3. The number of hydrogen-bond donors (Lipinski definition) is 0. The van der Waals surface area contributed by atoms with Gasteiger partial charge in [0.1, 0.15) is 5.82 Å². The maximum absolute atomic E-state index is 12.3. The lowest BCUT2D eigenvalue weighted by Gasteiger charge is -2.05. The number of carbonyl (C=O) groups excluding carboxylic acids is 1. The molecule has 3 aromatic rings. The summed E-state index contributed by atoms with van der Waals surface area (Å²) in [6, 6.07) is 9.72. The van der Waals surface area contributed by atoms with Gasteiger partial charge in [0.05, 0.1) is 17.6 Å². The van der Waals surface area contributed by atoms with Crippen LogP contribution in [0.15, 0.2) is 42.7 Å². The number of imidazole rings is 1. The van der Waals surface area contributed by atoms with E-state index in [0.717, 1.165) is 22.4 Å². The van der Waals surface area contributed by atoms with Gasteiger partial charge < -0.3 is 9.13 Å². The molecule has 0 bridgehead atoms. The van der Waals surface area contributed by atoms with Crippen LogP contribution >= 0.6 is 0 Å². The fraction of sp³-hybridized carbons (Fsp3) is 0.200. The minimum Gasteiger partial charge on any atom is -0.357 e. The normalized spacial score (nSPS) is 11.1. The van der Waals surface area contributed by atoms with Gasteiger partial charge in [0.25, 0.3) is 0 Å². The number of aromatic nitrogens is 3. The van der Waals surface area contributed by atoms with E-state index in [9.17, 15) is 4.79 Å². The molecule has 0 aliphatic heterocycles. The molecule has 0 aliphatic rings. The highest BCUT2D eigenvalue weighted by molar-refractivity contribution is 5.96. The van der Waals surface area contributed by atoms with Crippen LogP contribution in [-0.4, -0.2) is 19.9 Å². The molecule has 0 aliphatic carbocycles. The minimum atomic E-state index is 0.104.